The zero-order valence-corrected chi connectivity index (χ0v) is 55.0. The number of aliphatic hydroxyl groups excluding tert-OH is 2. The Hall–Kier alpha value is -1.66. The van der Waals surface area contributed by atoms with Gasteiger partial charge in [0.15, 0.2) is 0 Å². The van der Waals surface area contributed by atoms with Gasteiger partial charge in [0.25, 0.3) is 0 Å². The third kappa shape index (κ3) is 67.3. The van der Waals surface area contributed by atoms with E-state index in [2.05, 4.69) is 43.5 Å². The van der Waals surface area contributed by atoms with E-state index in [0.29, 0.717) is 25.9 Å². The average molecular weight is 1140 g/mol. The molecule has 0 rings (SSSR count). The summed E-state index contributed by atoms with van der Waals surface area (Å²) in [6, 6.07) is -0.541. The predicted molar refractivity (Wildman–Crippen MR) is 356 cm³/mol. The minimum Gasteiger partial charge on any atom is -0.466 e. The van der Waals surface area contributed by atoms with Gasteiger partial charge >= 0.3 is 5.97 Å². The van der Waals surface area contributed by atoms with Crippen LogP contribution >= 0.6 is 0 Å². The molecule has 0 aromatic heterocycles. The van der Waals surface area contributed by atoms with Crippen molar-refractivity contribution in [1.29, 1.82) is 0 Å². The van der Waals surface area contributed by atoms with Crippen LogP contribution in [-0.4, -0.2) is 47.4 Å². The number of rotatable bonds is 70. The molecular formula is C75H145NO5. The van der Waals surface area contributed by atoms with Crippen LogP contribution in [0.3, 0.4) is 0 Å². The maximum absolute atomic E-state index is 12.6. The number of aliphatic hydroxyl groups is 2. The van der Waals surface area contributed by atoms with Crippen LogP contribution in [0.25, 0.3) is 0 Å². The zero-order chi connectivity index (χ0) is 58.5. The number of hydrogen-bond acceptors (Lipinski definition) is 5. The lowest BCUT2D eigenvalue weighted by Crippen LogP contribution is -2.45. The summed E-state index contributed by atoms with van der Waals surface area (Å²) in [5.74, 6) is -0.0243. The van der Waals surface area contributed by atoms with E-state index in [1.54, 1.807) is 0 Å². The first-order valence-corrected chi connectivity index (χ1v) is 37.1. The molecule has 480 valence electrons. The highest BCUT2D eigenvalue weighted by atomic mass is 16.5. The number of carbonyl (C=O) groups is 2. The van der Waals surface area contributed by atoms with Crippen LogP contribution in [0.5, 0.6) is 0 Å². The molecule has 0 fully saturated rings. The normalized spacial score (nSPS) is 12.6. The summed E-state index contributed by atoms with van der Waals surface area (Å²) in [5.41, 5.74) is 0. The maximum Gasteiger partial charge on any atom is 0.305 e. The Kier molecular flexibility index (Phi) is 69.4. The molecule has 0 radical (unpaired) electrons. The Morgan fingerprint density at radius 3 is 0.951 bits per heavy atom. The van der Waals surface area contributed by atoms with E-state index in [0.717, 1.165) is 51.4 Å². The molecule has 0 spiro atoms. The Morgan fingerprint density at radius 1 is 0.346 bits per heavy atom. The Bertz CT molecular complexity index is 1270. The molecule has 0 aliphatic carbocycles. The highest BCUT2D eigenvalue weighted by molar-refractivity contribution is 5.76. The van der Waals surface area contributed by atoms with Crippen LogP contribution in [0.1, 0.15) is 418 Å². The van der Waals surface area contributed by atoms with Gasteiger partial charge in [0, 0.05) is 12.8 Å². The standard InChI is InChI=1S/C75H145NO5/c1-3-5-7-9-11-13-15-17-19-21-22-23-27-30-33-36-39-43-47-51-55-59-63-67-73(78)72(71-77)76-74(79)68-64-60-56-52-48-44-40-37-34-31-28-25-24-26-29-32-35-38-42-46-50-54-58-62-66-70-81-75(80)69-65-61-57-53-49-45-41-20-18-16-14-12-10-8-6-4-2/h14,16,20,41,72-73,77-78H,3-13,15,17-19,21-40,42-71H2,1-2H3,(H,76,79)/b16-14-,41-20-. The van der Waals surface area contributed by atoms with E-state index in [4.69, 9.17) is 4.74 Å². The Morgan fingerprint density at radius 2 is 0.617 bits per heavy atom. The van der Waals surface area contributed by atoms with Crippen molar-refractivity contribution in [2.24, 2.45) is 0 Å². The molecule has 0 aromatic carbocycles. The van der Waals surface area contributed by atoms with E-state index < -0.39 is 12.1 Å². The number of esters is 1. The lowest BCUT2D eigenvalue weighted by atomic mass is 10.0. The van der Waals surface area contributed by atoms with Crippen LogP contribution < -0.4 is 5.32 Å². The monoisotopic (exact) mass is 1140 g/mol. The molecule has 0 aromatic rings. The van der Waals surface area contributed by atoms with Gasteiger partial charge in [-0.1, -0.05) is 372 Å². The summed E-state index contributed by atoms with van der Waals surface area (Å²) in [6.45, 7) is 4.97. The summed E-state index contributed by atoms with van der Waals surface area (Å²) >= 11 is 0. The third-order valence-electron chi connectivity index (χ3n) is 17.5. The van der Waals surface area contributed by atoms with Crippen LogP contribution in [0.2, 0.25) is 0 Å². The molecule has 0 aliphatic rings. The summed E-state index contributed by atoms with van der Waals surface area (Å²) in [5, 5.41) is 23.5. The van der Waals surface area contributed by atoms with E-state index in [-0.39, 0.29) is 18.5 Å². The smallest absolute Gasteiger partial charge is 0.305 e. The molecule has 81 heavy (non-hydrogen) atoms. The molecule has 0 saturated heterocycles. The number of hydrogen-bond donors (Lipinski definition) is 3. The molecule has 0 heterocycles. The van der Waals surface area contributed by atoms with E-state index in [1.165, 1.54) is 334 Å². The Balaban J connectivity index is 3.36. The first-order valence-electron chi connectivity index (χ1n) is 37.1. The fourth-order valence-corrected chi connectivity index (χ4v) is 11.9. The largest absolute Gasteiger partial charge is 0.466 e. The molecular weight excluding hydrogens is 995 g/mol. The lowest BCUT2D eigenvalue weighted by molar-refractivity contribution is -0.143. The van der Waals surface area contributed by atoms with Gasteiger partial charge in [0.05, 0.1) is 25.4 Å². The van der Waals surface area contributed by atoms with Crippen molar-refractivity contribution >= 4 is 11.9 Å². The van der Waals surface area contributed by atoms with Crippen molar-refractivity contribution < 1.29 is 24.5 Å². The molecule has 6 heteroatoms. The quantitative estimate of drug-likeness (QED) is 0.0320. The van der Waals surface area contributed by atoms with Gasteiger partial charge in [-0.15, -0.1) is 0 Å². The predicted octanol–water partition coefficient (Wildman–Crippen LogP) is 24.1. The molecule has 0 aliphatic heterocycles. The topological polar surface area (TPSA) is 95.9 Å². The Labute approximate surface area is 507 Å². The van der Waals surface area contributed by atoms with Crippen LogP contribution in [0.15, 0.2) is 24.3 Å². The van der Waals surface area contributed by atoms with Gasteiger partial charge in [-0.2, -0.15) is 0 Å². The van der Waals surface area contributed by atoms with Gasteiger partial charge in [-0.3, -0.25) is 9.59 Å². The van der Waals surface area contributed by atoms with Crippen molar-refractivity contribution in [2.75, 3.05) is 13.2 Å². The van der Waals surface area contributed by atoms with E-state index in [1.807, 2.05) is 0 Å². The second kappa shape index (κ2) is 70.8. The molecule has 0 bridgehead atoms. The van der Waals surface area contributed by atoms with Crippen LogP contribution in [-0.2, 0) is 14.3 Å². The fourth-order valence-electron chi connectivity index (χ4n) is 11.9. The summed E-state index contributed by atoms with van der Waals surface area (Å²) in [7, 11) is 0. The van der Waals surface area contributed by atoms with Gasteiger partial charge in [-0.05, 0) is 57.8 Å². The number of amides is 1. The van der Waals surface area contributed by atoms with Gasteiger partial charge < -0.3 is 20.3 Å². The first-order chi connectivity index (χ1) is 40.0. The molecule has 2 atom stereocenters. The van der Waals surface area contributed by atoms with E-state index in [9.17, 15) is 19.8 Å². The first kappa shape index (κ1) is 79.3. The number of unbranched alkanes of at least 4 members (excludes halogenated alkanes) is 55. The summed E-state index contributed by atoms with van der Waals surface area (Å²) in [6.07, 6.45) is 89.5. The number of carbonyl (C=O) groups excluding carboxylic acids is 2. The second-order valence-corrected chi connectivity index (χ2v) is 25.6. The van der Waals surface area contributed by atoms with Gasteiger partial charge in [0.2, 0.25) is 5.91 Å². The SMILES string of the molecule is CCCCCC/C=C\C/C=C\CCCCCCCC(=O)OCCCCCCCCCCCCCCCCCCCCCCCCCCCC(=O)NC(CO)C(O)CCCCCCCCCCCCCCCCCCCCCCCCC. The highest BCUT2D eigenvalue weighted by Crippen LogP contribution is 2.20. The molecule has 0 saturated carbocycles. The van der Waals surface area contributed by atoms with Crippen molar-refractivity contribution in [3.8, 4) is 0 Å². The maximum atomic E-state index is 12.6. The van der Waals surface area contributed by atoms with Crippen molar-refractivity contribution in [3.05, 3.63) is 24.3 Å². The van der Waals surface area contributed by atoms with Crippen LogP contribution in [0, 0.1) is 0 Å². The zero-order valence-electron chi connectivity index (χ0n) is 55.0. The average Bonchev–Trinajstić information content (AvgIpc) is 3.47. The van der Waals surface area contributed by atoms with Crippen LogP contribution in [0.4, 0.5) is 0 Å². The van der Waals surface area contributed by atoms with Crippen molar-refractivity contribution in [1.82, 2.24) is 5.32 Å². The molecule has 2 unspecified atom stereocenters. The molecule has 1 amide bonds. The minimum atomic E-state index is -0.665. The number of nitrogens with one attached hydrogen (secondary N) is 1. The van der Waals surface area contributed by atoms with Gasteiger partial charge in [0.1, 0.15) is 0 Å². The summed E-state index contributed by atoms with van der Waals surface area (Å²) < 4.78 is 5.49. The van der Waals surface area contributed by atoms with Crippen molar-refractivity contribution in [3.63, 3.8) is 0 Å². The fraction of sp³-hybridized carbons (Fsp3) is 0.920. The molecule has 3 N–H and O–H groups in total. The second-order valence-electron chi connectivity index (χ2n) is 25.6. The minimum absolute atomic E-state index is 0.00398. The third-order valence-corrected chi connectivity index (χ3v) is 17.5. The summed E-state index contributed by atoms with van der Waals surface area (Å²) in [4.78, 5) is 24.6. The van der Waals surface area contributed by atoms with Gasteiger partial charge in [-0.25, -0.2) is 0 Å². The highest BCUT2D eigenvalue weighted by Gasteiger charge is 2.20. The molecule has 6 nitrogen and oxygen atoms in total. The van der Waals surface area contributed by atoms with Crippen molar-refractivity contribution in [2.45, 2.75) is 431 Å². The van der Waals surface area contributed by atoms with E-state index >= 15 is 0 Å². The lowest BCUT2D eigenvalue weighted by Gasteiger charge is -2.22. The number of ether oxygens (including phenoxy) is 1. The number of allylic oxidation sites excluding steroid dienone is 4.